The number of carbonyl (C=O) groups excluding carboxylic acids is 1. The van der Waals surface area contributed by atoms with Crippen molar-refractivity contribution in [1.82, 2.24) is 9.62 Å². The molecule has 1 N–H and O–H groups in total. The number of likely N-dealkylation sites (tertiary alicyclic amines) is 1. The van der Waals surface area contributed by atoms with E-state index in [2.05, 4.69) is 33.9 Å². The van der Waals surface area contributed by atoms with Crippen molar-refractivity contribution in [3.8, 4) is 11.5 Å². The van der Waals surface area contributed by atoms with Crippen LogP contribution in [-0.2, 0) is 20.5 Å². The van der Waals surface area contributed by atoms with Crippen molar-refractivity contribution in [2.45, 2.75) is 63.8 Å². The zero-order valence-corrected chi connectivity index (χ0v) is 28.1. The molecule has 0 bridgehead atoms. The number of rotatable bonds is 11. The molecule has 1 aliphatic heterocycles. The Balaban J connectivity index is 1.48. The average Bonchev–Trinajstić information content (AvgIpc) is 3.05. The van der Waals surface area contributed by atoms with Gasteiger partial charge >= 0.3 is 10.3 Å². The van der Waals surface area contributed by atoms with E-state index in [0.29, 0.717) is 37.2 Å². The van der Waals surface area contributed by atoms with Gasteiger partial charge in [-0.15, -0.1) is 0 Å². The van der Waals surface area contributed by atoms with Crippen molar-refractivity contribution in [3.63, 3.8) is 0 Å². The lowest BCUT2D eigenvalue weighted by molar-refractivity contribution is -0.127. The van der Waals surface area contributed by atoms with E-state index in [4.69, 9.17) is 8.92 Å². The maximum Gasteiger partial charge on any atom is 0.409 e. The number of hydrogen-bond acceptors (Lipinski definition) is 6. The number of carbonyl (C=O) groups is 1. The molecule has 0 aliphatic carbocycles. The number of ether oxygens (including phenoxy) is 1. The summed E-state index contributed by atoms with van der Waals surface area (Å²) in [7, 11) is -2.94. The van der Waals surface area contributed by atoms with Crippen LogP contribution >= 0.6 is 0 Å². The SMILES string of the molecule is COc1cccc(C2(C(=O)NS(=O)(=O)Oc3c(C(C)C)cccc3C(C)C)CCN(C(c3ccccc3)c3ccccc3)CC2)c1. The van der Waals surface area contributed by atoms with Gasteiger partial charge in [-0.2, -0.15) is 8.42 Å². The number of para-hydroxylation sites is 1. The monoisotopic (exact) mass is 640 g/mol. The molecule has 1 amide bonds. The molecule has 1 heterocycles. The van der Waals surface area contributed by atoms with E-state index >= 15 is 0 Å². The smallest absolute Gasteiger partial charge is 0.409 e. The van der Waals surface area contributed by atoms with Crippen molar-refractivity contribution < 1.29 is 22.1 Å². The molecule has 0 saturated carbocycles. The summed E-state index contributed by atoms with van der Waals surface area (Å²) in [5.74, 6) is 0.324. The standard InChI is InChI=1S/C38H44N2O5S/c1-27(2)33-20-13-21-34(28(3)4)36(33)45-46(42,43)39-37(41)38(31-18-12-19-32(26-31)44-5)22-24-40(25-23-38)35(29-14-8-6-9-15-29)30-16-10-7-11-17-30/h6-21,26-28,35H,22-25H2,1-5H3,(H,39,41). The van der Waals surface area contributed by atoms with Crippen LogP contribution in [0, 0.1) is 0 Å². The molecule has 4 aromatic carbocycles. The van der Waals surface area contributed by atoms with Crippen molar-refractivity contribution in [3.05, 3.63) is 131 Å². The first kappa shape index (κ1) is 33.2. The molecular formula is C38H44N2O5S. The van der Waals surface area contributed by atoms with Gasteiger partial charge in [0.2, 0.25) is 5.91 Å². The second kappa shape index (κ2) is 14.1. The first-order valence-corrected chi connectivity index (χ1v) is 17.3. The van der Waals surface area contributed by atoms with Gasteiger partial charge in [0.15, 0.2) is 5.75 Å². The number of hydrogen-bond donors (Lipinski definition) is 1. The van der Waals surface area contributed by atoms with Gasteiger partial charge in [0.25, 0.3) is 0 Å². The highest BCUT2D eigenvalue weighted by atomic mass is 32.2. The highest BCUT2D eigenvalue weighted by Crippen LogP contribution is 2.42. The fourth-order valence-electron chi connectivity index (χ4n) is 6.54. The Bertz CT molecular complexity index is 1670. The van der Waals surface area contributed by atoms with E-state index in [9.17, 15) is 13.2 Å². The fraction of sp³-hybridized carbons (Fsp3) is 0.342. The highest BCUT2D eigenvalue weighted by molar-refractivity contribution is 7.85. The summed E-state index contributed by atoms with van der Waals surface area (Å²) in [5, 5.41) is 0. The molecule has 5 rings (SSSR count). The van der Waals surface area contributed by atoms with Gasteiger partial charge in [0, 0.05) is 13.1 Å². The first-order chi connectivity index (χ1) is 22.0. The van der Waals surface area contributed by atoms with E-state index in [0.717, 1.165) is 22.3 Å². The third-order valence-corrected chi connectivity index (χ3v) is 9.86. The summed E-state index contributed by atoms with van der Waals surface area (Å²) in [5.41, 5.74) is 3.44. The molecule has 8 heteroatoms. The zero-order chi connectivity index (χ0) is 32.9. The van der Waals surface area contributed by atoms with Gasteiger partial charge in [0.1, 0.15) is 5.75 Å². The fourth-order valence-corrected chi connectivity index (χ4v) is 7.41. The van der Waals surface area contributed by atoms with Crippen molar-refractivity contribution >= 4 is 16.2 Å². The lowest BCUT2D eigenvalue weighted by atomic mass is 9.71. The minimum Gasteiger partial charge on any atom is -0.497 e. The molecule has 0 unspecified atom stereocenters. The Morgan fingerprint density at radius 3 is 1.78 bits per heavy atom. The van der Waals surface area contributed by atoms with Crippen molar-refractivity contribution in [2.24, 2.45) is 0 Å². The molecule has 4 aromatic rings. The van der Waals surface area contributed by atoms with Crippen LogP contribution in [0.25, 0.3) is 0 Å². The van der Waals surface area contributed by atoms with Gasteiger partial charge in [-0.25, -0.2) is 4.72 Å². The lowest BCUT2D eigenvalue weighted by Crippen LogP contribution is -2.54. The normalized spacial score (nSPS) is 15.2. The van der Waals surface area contributed by atoms with Gasteiger partial charge in [-0.05, 0) is 64.6 Å². The predicted octanol–water partition coefficient (Wildman–Crippen LogP) is 7.51. The van der Waals surface area contributed by atoms with Crippen molar-refractivity contribution in [2.75, 3.05) is 20.2 Å². The number of nitrogens with zero attached hydrogens (tertiary/aromatic N) is 1. The number of nitrogens with one attached hydrogen (secondary N) is 1. The van der Waals surface area contributed by atoms with E-state index in [1.165, 1.54) is 0 Å². The predicted molar refractivity (Wildman–Crippen MR) is 183 cm³/mol. The Labute approximate surface area is 273 Å². The molecule has 1 saturated heterocycles. The summed E-state index contributed by atoms with van der Waals surface area (Å²) < 4.78 is 40.9. The molecule has 242 valence electrons. The number of piperidine rings is 1. The summed E-state index contributed by atoms with van der Waals surface area (Å²) in [4.78, 5) is 16.7. The Morgan fingerprint density at radius 1 is 0.761 bits per heavy atom. The summed E-state index contributed by atoms with van der Waals surface area (Å²) in [6.07, 6.45) is 0.801. The molecule has 1 fully saturated rings. The van der Waals surface area contributed by atoms with Crippen LogP contribution in [0.1, 0.15) is 86.2 Å². The molecule has 0 radical (unpaired) electrons. The third-order valence-electron chi connectivity index (χ3n) is 9.04. The molecule has 0 spiro atoms. The highest BCUT2D eigenvalue weighted by Gasteiger charge is 2.46. The minimum atomic E-state index is -4.52. The van der Waals surface area contributed by atoms with Crippen LogP contribution in [0.2, 0.25) is 0 Å². The average molecular weight is 641 g/mol. The topological polar surface area (TPSA) is 84.9 Å². The van der Waals surface area contributed by atoms with E-state index < -0.39 is 21.6 Å². The van der Waals surface area contributed by atoms with Crippen LogP contribution in [0.4, 0.5) is 0 Å². The quantitative estimate of drug-likeness (QED) is 0.183. The summed E-state index contributed by atoms with van der Waals surface area (Å²) >= 11 is 0. The molecular weight excluding hydrogens is 596 g/mol. The summed E-state index contributed by atoms with van der Waals surface area (Å²) in [6.45, 7) is 9.08. The molecule has 1 aliphatic rings. The minimum absolute atomic E-state index is 0.0113. The number of benzene rings is 4. The lowest BCUT2D eigenvalue weighted by Gasteiger charge is -2.44. The van der Waals surface area contributed by atoms with E-state index in [-0.39, 0.29) is 23.6 Å². The van der Waals surface area contributed by atoms with Gasteiger partial charge < -0.3 is 8.92 Å². The number of amides is 1. The maximum absolute atomic E-state index is 14.4. The Hall–Kier alpha value is -4.14. The second-order valence-electron chi connectivity index (χ2n) is 12.6. The van der Waals surface area contributed by atoms with Gasteiger partial charge in [-0.3, -0.25) is 9.69 Å². The second-order valence-corrected chi connectivity index (χ2v) is 13.9. The Kier molecular flexibility index (Phi) is 10.2. The van der Waals surface area contributed by atoms with Gasteiger partial charge in [-0.1, -0.05) is 119 Å². The molecule has 46 heavy (non-hydrogen) atoms. The van der Waals surface area contributed by atoms with E-state index in [1.54, 1.807) is 7.11 Å². The Morgan fingerprint density at radius 2 is 1.28 bits per heavy atom. The zero-order valence-electron chi connectivity index (χ0n) is 27.3. The molecule has 0 atom stereocenters. The number of methoxy groups -OCH3 is 1. The maximum atomic E-state index is 14.4. The van der Waals surface area contributed by atoms with Crippen LogP contribution in [0.3, 0.4) is 0 Å². The van der Waals surface area contributed by atoms with E-state index in [1.807, 2.05) is 107 Å². The third kappa shape index (κ3) is 7.13. The van der Waals surface area contributed by atoms with Crippen LogP contribution < -0.4 is 13.6 Å². The van der Waals surface area contributed by atoms with Crippen molar-refractivity contribution in [1.29, 1.82) is 0 Å². The molecule has 0 aromatic heterocycles. The summed E-state index contributed by atoms with van der Waals surface area (Å²) in [6, 6.07) is 33.7. The van der Waals surface area contributed by atoms with Crippen LogP contribution in [0.5, 0.6) is 11.5 Å². The van der Waals surface area contributed by atoms with Gasteiger partial charge in [0.05, 0.1) is 18.6 Å². The first-order valence-electron chi connectivity index (χ1n) is 15.9. The van der Waals surface area contributed by atoms with Crippen LogP contribution in [-0.4, -0.2) is 39.4 Å². The van der Waals surface area contributed by atoms with Crippen LogP contribution in [0.15, 0.2) is 103 Å². The largest absolute Gasteiger partial charge is 0.497 e. The molecule has 7 nitrogen and oxygen atoms in total.